The second-order valence-corrected chi connectivity index (χ2v) is 1.79. The van der Waals surface area contributed by atoms with Gasteiger partial charge in [-0.25, -0.2) is 9.59 Å². The monoisotopic (exact) mass is 152 g/mol. The van der Waals surface area contributed by atoms with Crippen LogP contribution in [0.4, 0.5) is 0 Å². The first-order chi connectivity index (χ1) is 5.35. The lowest BCUT2D eigenvalue weighted by molar-refractivity contribution is 0.543. The summed E-state index contributed by atoms with van der Waals surface area (Å²) in [7, 11) is 0. The number of hydrogen-bond acceptors (Lipinski definition) is 4. The van der Waals surface area contributed by atoms with Crippen LogP contribution >= 0.6 is 0 Å². The van der Waals surface area contributed by atoms with Crippen molar-refractivity contribution < 1.29 is 9.59 Å². The van der Waals surface area contributed by atoms with Crippen LogP contribution in [0.3, 0.4) is 0 Å². The van der Waals surface area contributed by atoms with Gasteiger partial charge >= 0.3 is 0 Å². The van der Waals surface area contributed by atoms with E-state index in [0.717, 1.165) is 0 Å². The highest BCUT2D eigenvalue weighted by atomic mass is 16.1. The predicted molar refractivity (Wildman–Crippen MR) is 39.5 cm³/mol. The lowest BCUT2D eigenvalue weighted by Gasteiger charge is -1.97. The molecule has 0 aliphatic heterocycles. The van der Waals surface area contributed by atoms with Crippen LogP contribution in [-0.4, -0.2) is 18.3 Å². The van der Waals surface area contributed by atoms with Crippen LogP contribution in [0.5, 0.6) is 0 Å². The zero-order valence-corrected chi connectivity index (χ0v) is 5.99. The fourth-order valence-electron chi connectivity index (χ4n) is 0.547. The van der Waals surface area contributed by atoms with Crippen LogP contribution in [0.15, 0.2) is 22.6 Å². The predicted octanol–water partition coefficient (Wildman–Crippen LogP) is 0.950. The molecule has 0 aliphatic rings. The molecular weight excluding hydrogens is 144 g/mol. The number of aliphatic imine (C=N–C) groups is 2. The maximum Gasteiger partial charge on any atom is 0.237 e. The lowest BCUT2D eigenvalue weighted by Crippen LogP contribution is -1.98. The van der Waals surface area contributed by atoms with E-state index in [1.165, 1.54) is 12.2 Å². The van der Waals surface area contributed by atoms with Crippen molar-refractivity contribution in [1.29, 1.82) is 0 Å². The van der Waals surface area contributed by atoms with Gasteiger partial charge in [0.2, 0.25) is 12.2 Å². The van der Waals surface area contributed by atoms with E-state index in [0.29, 0.717) is 12.8 Å². The van der Waals surface area contributed by atoms with Gasteiger partial charge in [0.1, 0.15) is 0 Å². The Labute approximate surface area is 64.4 Å². The average molecular weight is 152 g/mol. The van der Waals surface area contributed by atoms with E-state index in [2.05, 4.69) is 16.6 Å². The van der Waals surface area contributed by atoms with Crippen molar-refractivity contribution >= 4 is 12.2 Å². The number of allylic oxidation sites excluding steroid dienone is 1. The quantitative estimate of drug-likeness (QED) is 0.334. The Bertz CT molecular complexity index is 194. The summed E-state index contributed by atoms with van der Waals surface area (Å²) >= 11 is 0. The first kappa shape index (κ1) is 9.50. The molecule has 0 saturated heterocycles. The minimum atomic E-state index is -0.636. The zero-order chi connectivity index (χ0) is 8.53. The number of isocyanates is 2. The highest BCUT2D eigenvalue weighted by molar-refractivity contribution is 5.36. The molecule has 0 aromatic rings. The number of carbonyl (C=O) groups excluding carboxylic acids is 2. The van der Waals surface area contributed by atoms with Gasteiger partial charge in [0.05, 0.1) is 0 Å². The largest absolute Gasteiger partial charge is 0.237 e. The first-order valence-electron chi connectivity index (χ1n) is 3.10. The Kier molecular flexibility index (Phi) is 5.72. The van der Waals surface area contributed by atoms with Gasteiger partial charge in [0, 0.05) is 0 Å². The van der Waals surface area contributed by atoms with Gasteiger partial charge in [-0.3, -0.25) is 0 Å². The van der Waals surface area contributed by atoms with Crippen molar-refractivity contribution in [3.63, 3.8) is 0 Å². The van der Waals surface area contributed by atoms with E-state index in [4.69, 9.17) is 0 Å². The summed E-state index contributed by atoms with van der Waals surface area (Å²) in [5.41, 5.74) is 0. The first-order valence-corrected chi connectivity index (χ1v) is 3.10. The molecule has 4 nitrogen and oxygen atoms in total. The third-order valence-electron chi connectivity index (χ3n) is 1.03. The number of hydrogen-bond donors (Lipinski definition) is 0. The molecule has 0 unspecified atom stereocenters. The van der Waals surface area contributed by atoms with Gasteiger partial charge in [-0.1, -0.05) is 6.08 Å². The fraction of sp³-hybridized carbons (Fsp3) is 0.429. The van der Waals surface area contributed by atoms with Gasteiger partial charge in [0.15, 0.2) is 6.17 Å². The van der Waals surface area contributed by atoms with E-state index in [-0.39, 0.29) is 0 Å². The standard InChI is InChI=1S/C7H8N2O2/c1-2-3-4-7(8-5-10)9-6-11/h2,7H,1,3-4H2. The summed E-state index contributed by atoms with van der Waals surface area (Å²) in [6.07, 6.45) is 4.83. The van der Waals surface area contributed by atoms with E-state index in [9.17, 15) is 9.59 Å². The molecule has 0 N–H and O–H groups in total. The van der Waals surface area contributed by atoms with Crippen molar-refractivity contribution in [2.45, 2.75) is 19.0 Å². The van der Waals surface area contributed by atoms with E-state index in [1.54, 1.807) is 6.08 Å². The Morgan fingerprint density at radius 3 is 2.27 bits per heavy atom. The summed E-state index contributed by atoms with van der Waals surface area (Å²) in [6, 6.07) is 0. The smallest absolute Gasteiger partial charge is 0.211 e. The minimum Gasteiger partial charge on any atom is -0.211 e. The molecular formula is C7H8N2O2. The molecule has 4 heteroatoms. The van der Waals surface area contributed by atoms with Gasteiger partial charge in [-0.05, 0) is 12.8 Å². The van der Waals surface area contributed by atoms with Crippen LogP contribution in [0, 0.1) is 0 Å². The molecule has 0 atom stereocenters. The zero-order valence-electron chi connectivity index (χ0n) is 5.99. The van der Waals surface area contributed by atoms with Gasteiger partial charge < -0.3 is 0 Å². The molecule has 0 radical (unpaired) electrons. The fourth-order valence-corrected chi connectivity index (χ4v) is 0.547. The second-order valence-electron chi connectivity index (χ2n) is 1.79. The number of nitrogens with zero attached hydrogens (tertiary/aromatic N) is 2. The topological polar surface area (TPSA) is 58.9 Å². The van der Waals surface area contributed by atoms with Crippen molar-refractivity contribution in [2.24, 2.45) is 9.98 Å². The van der Waals surface area contributed by atoms with Crippen LogP contribution in [0.2, 0.25) is 0 Å². The Morgan fingerprint density at radius 2 is 1.91 bits per heavy atom. The molecule has 0 saturated carbocycles. The summed E-state index contributed by atoms with van der Waals surface area (Å²) in [5, 5.41) is 0. The molecule has 0 heterocycles. The van der Waals surface area contributed by atoms with Gasteiger partial charge in [-0.15, -0.1) is 6.58 Å². The lowest BCUT2D eigenvalue weighted by atomic mass is 10.2. The molecule has 0 aromatic heterocycles. The molecule has 58 valence electrons. The van der Waals surface area contributed by atoms with Crippen LogP contribution in [0.25, 0.3) is 0 Å². The van der Waals surface area contributed by atoms with E-state index >= 15 is 0 Å². The molecule has 0 aromatic carbocycles. The molecule has 0 aliphatic carbocycles. The normalized spacial score (nSPS) is 10.5. The van der Waals surface area contributed by atoms with Crippen molar-refractivity contribution in [2.75, 3.05) is 0 Å². The SMILES string of the molecule is C=CCCC(N=C=O)N=C=O. The van der Waals surface area contributed by atoms with Crippen molar-refractivity contribution in [3.8, 4) is 0 Å². The summed E-state index contributed by atoms with van der Waals surface area (Å²) < 4.78 is 0. The van der Waals surface area contributed by atoms with Crippen LogP contribution < -0.4 is 0 Å². The maximum atomic E-state index is 9.75. The average Bonchev–Trinajstić information content (AvgIpc) is 2.01. The van der Waals surface area contributed by atoms with E-state index in [1.807, 2.05) is 0 Å². The van der Waals surface area contributed by atoms with Crippen LogP contribution in [-0.2, 0) is 9.59 Å². The Balaban J connectivity index is 3.98. The Hall–Kier alpha value is -1.50. The maximum absolute atomic E-state index is 9.75. The third-order valence-corrected chi connectivity index (χ3v) is 1.03. The van der Waals surface area contributed by atoms with Crippen molar-refractivity contribution in [3.05, 3.63) is 12.7 Å². The van der Waals surface area contributed by atoms with Crippen molar-refractivity contribution in [1.82, 2.24) is 0 Å². The summed E-state index contributed by atoms with van der Waals surface area (Å²) in [6.45, 7) is 3.47. The van der Waals surface area contributed by atoms with Gasteiger partial charge in [0.25, 0.3) is 0 Å². The molecule has 0 rings (SSSR count). The molecule has 0 spiro atoms. The minimum absolute atomic E-state index is 0.494. The molecule has 0 bridgehead atoms. The molecule has 0 amide bonds. The van der Waals surface area contributed by atoms with E-state index < -0.39 is 6.17 Å². The third kappa shape index (κ3) is 4.97. The summed E-state index contributed by atoms with van der Waals surface area (Å²) in [4.78, 5) is 26.0. The van der Waals surface area contributed by atoms with Gasteiger partial charge in [-0.2, -0.15) is 9.98 Å². The highest BCUT2D eigenvalue weighted by Gasteiger charge is 2.00. The number of rotatable bonds is 5. The second kappa shape index (κ2) is 6.62. The molecule has 0 fully saturated rings. The Morgan fingerprint density at radius 1 is 1.36 bits per heavy atom. The molecule has 11 heavy (non-hydrogen) atoms. The summed E-state index contributed by atoms with van der Waals surface area (Å²) in [5.74, 6) is 0. The van der Waals surface area contributed by atoms with Crippen LogP contribution in [0.1, 0.15) is 12.8 Å². The highest BCUT2D eigenvalue weighted by Crippen LogP contribution is 2.01.